The SMILES string of the molecule is CC(=O)[C@@H](NC(=O)COCCOCCOCCOc1ccc(Oc2c(-c3ccc(O)cc3)sc3cc(O)ccc23)cc1)C(C)(C)C. The van der Waals surface area contributed by atoms with Crippen molar-refractivity contribution in [3.8, 4) is 39.2 Å². The molecular weight excluding hydrogens is 610 g/mol. The molecule has 0 bridgehead atoms. The number of phenolic OH excluding ortho intramolecular Hbond substituents is 2. The molecule has 0 saturated carbocycles. The van der Waals surface area contributed by atoms with Crippen molar-refractivity contribution in [3.05, 3.63) is 66.7 Å². The van der Waals surface area contributed by atoms with Gasteiger partial charge in [0, 0.05) is 10.1 Å². The van der Waals surface area contributed by atoms with Crippen molar-refractivity contribution in [2.45, 2.75) is 33.7 Å². The van der Waals surface area contributed by atoms with Crippen molar-refractivity contribution in [1.82, 2.24) is 5.32 Å². The molecule has 0 unspecified atom stereocenters. The number of carbonyl (C=O) groups excluding carboxylic acids is 2. The van der Waals surface area contributed by atoms with E-state index >= 15 is 0 Å². The summed E-state index contributed by atoms with van der Waals surface area (Å²) in [5, 5.41) is 23.3. The standard InChI is InChI=1S/C35H41NO9S/c1-23(37)34(35(2,3)4)36-31(40)22-43-18-17-41-15-16-42-19-20-44-27-10-12-28(13-11-27)45-32-29-14-9-26(39)21-30(29)46-33(32)24-5-7-25(38)8-6-24/h5-14,21,34,38-39H,15-20,22H2,1-4H3,(H,36,40)/t34-/m1/s1. The Morgan fingerprint density at radius 1 is 0.783 bits per heavy atom. The van der Waals surface area contributed by atoms with E-state index in [0.29, 0.717) is 50.3 Å². The molecule has 46 heavy (non-hydrogen) atoms. The first-order chi connectivity index (χ1) is 22.0. The van der Waals surface area contributed by atoms with E-state index in [1.165, 1.54) is 18.3 Å². The maximum Gasteiger partial charge on any atom is 0.246 e. The highest BCUT2D eigenvalue weighted by atomic mass is 32.1. The summed E-state index contributed by atoms with van der Waals surface area (Å²) >= 11 is 1.50. The minimum Gasteiger partial charge on any atom is -0.508 e. The summed E-state index contributed by atoms with van der Waals surface area (Å²) < 4.78 is 29.4. The second-order valence-electron chi connectivity index (χ2n) is 11.7. The van der Waals surface area contributed by atoms with Crippen molar-refractivity contribution in [2.75, 3.05) is 46.2 Å². The monoisotopic (exact) mass is 651 g/mol. The largest absolute Gasteiger partial charge is 0.508 e. The van der Waals surface area contributed by atoms with E-state index in [2.05, 4.69) is 5.32 Å². The van der Waals surface area contributed by atoms with E-state index in [4.69, 9.17) is 23.7 Å². The number of hydrogen-bond acceptors (Lipinski definition) is 10. The third kappa shape index (κ3) is 10.2. The number of nitrogens with one attached hydrogen (secondary N) is 1. The van der Waals surface area contributed by atoms with Gasteiger partial charge in [-0.2, -0.15) is 0 Å². The summed E-state index contributed by atoms with van der Waals surface area (Å²) in [4.78, 5) is 24.7. The summed E-state index contributed by atoms with van der Waals surface area (Å²) in [6.07, 6.45) is 0. The van der Waals surface area contributed by atoms with Crippen LogP contribution in [0.15, 0.2) is 66.7 Å². The second kappa shape index (κ2) is 16.4. The third-order valence-corrected chi connectivity index (χ3v) is 8.04. The van der Waals surface area contributed by atoms with Crippen LogP contribution in [0.25, 0.3) is 20.5 Å². The number of amides is 1. The van der Waals surface area contributed by atoms with E-state index in [1.807, 2.05) is 63.2 Å². The second-order valence-corrected chi connectivity index (χ2v) is 12.7. The van der Waals surface area contributed by atoms with Crippen molar-refractivity contribution >= 4 is 33.1 Å². The van der Waals surface area contributed by atoms with Crippen LogP contribution in [0.1, 0.15) is 27.7 Å². The Morgan fingerprint density at radius 2 is 1.37 bits per heavy atom. The predicted octanol–water partition coefficient (Wildman–Crippen LogP) is 6.32. The average molecular weight is 652 g/mol. The number of Topliss-reactive ketones (excluding diaryl/α,β-unsaturated/α-hetero) is 1. The zero-order chi connectivity index (χ0) is 33.1. The van der Waals surface area contributed by atoms with Crippen LogP contribution in [-0.2, 0) is 23.8 Å². The topological polar surface area (TPSA) is 133 Å². The van der Waals surface area contributed by atoms with Gasteiger partial charge in [-0.15, -0.1) is 11.3 Å². The first-order valence-electron chi connectivity index (χ1n) is 15.0. The Labute approximate surface area is 272 Å². The molecule has 1 atom stereocenters. The highest BCUT2D eigenvalue weighted by Crippen LogP contribution is 2.47. The number of thiophene rings is 1. The van der Waals surface area contributed by atoms with Crippen LogP contribution in [0.4, 0.5) is 0 Å². The summed E-state index contributed by atoms with van der Waals surface area (Å²) in [6, 6.07) is 18.8. The number of carbonyl (C=O) groups is 2. The van der Waals surface area contributed by atoms with Crippen LogP contribution in [0.2, 0.25) is 0 Å². The van der Waals surface area contributed by atoms with E-state index in [-0.39, 0.29) is 41.8 Å². The summed E-state index contributed by atoms with van der Waals surface area (Å²) in [7, 11) is 0. The van der Waals surface area contributed by atoms with Crippen molar-refractivity contribution < 1.29 is 43.5 Å². The fourth-order valence-electron chi connectivity index (χ4n) is 4.64. The predicted molar refractivity (Wildman–Crippen MR) is 177 cm³/mol. The Hall–Kier alpha value is -4.16. The van der Waals surface area contributed by atoms with Crippen LogP contribution in [0.5, 0.6) is 28.7 Å². The fourth-order valence-corrected chi connectivity index (χ4v) is 5.81. The minimum absolute atomic E-state index is 0.0913. The number of aromatic hydroxyl groups is 2. The van der Waals surface area contributed by atoms with Gasteiger partial charge in [0.1, 0.15) is 36.2 Å². The fraction of sp³-hybridized carbons (Fsp3) is 0.371. The number of rotatable bonds is 17. The van der Waals surface area contributed by atoms with Crippen molar-refractivity contribution in [1.29, 1.82) is 0 Å². The summed E-state index contributed by atoms with van der Waals surface area (Å²) in [5.74, 6) is 1.91. The van der Waals surface area contributed by atoms with Crippen LogP contribution in [0, 0.1) is 5.41 Å². The lowest BCUT2D eigenvalue weighted by Crippen LogP contribution is -2.49. The Bertz CT molecular complexity index is 1580. The zero-order valence-electron chi connectivity index (χ0n) is 26.5. The number of fused-ring (bicyclic) bond motifs is 1. The number of hydrogen-bond donors (Lipinski definition) is 3. The molecule has 3 aromatic carbocycles. The third-order valence-electron chi connectivity index (χ3n) is 6.85. The molecule has 4 rings (SSSR count). The first-order valence-corrected chi connectivity index (χ1v) is 15.8. The molecule has 10 nitrogen and oxygen atoms in total. The van der Waals surface area contributed by atoms with Gasteiger partial charge < -0.3 is 39.2 Å². The molecule has 0 fully saturated rings. The Morgan fingerprint density at radius 3 is 2.00 bits per heavy atom. The maximum absolute atomic E-state index is 12.1. The van der Waals surface area contributed by atoms with Gasteiger partial charge in [-0.05, 0) is 84.6 Å². The van der Waals surface area contributed by atoms with Crippen molar-refractivity contribution in [3.63, 3.8) is 0 Å². The molecule has 246 valence electrons. The highest BCUT2D eigenvalue weighted by Gasteiger charge is 2.30. The molecule has 0 aliphatic rings. The molecule has 0 aliphatic carbocycles. The minimum atomic E-state index is -0.559. The summed E-state index contributed by atoms with van der Waals surface area (Å²) in [5.41, 5.74) is 0.526. The smallest absolute Gasteiger partial charge is 0.246 e. The molecule has 4 aromatic rings. The van der Waals surface area contributed by atoms with Crippen LogP contribution in [0.3, 0.4) is 0 Å². The Balaban J connectivity index is 1.13. The molecule has 1 amide bonds. The average Bonchev–Trinajstić information content (AvgIpc) is 3.36. The van der Waals surface area contributed by atoms with Crippen LogP contribution < -0.4 is 14.8 Å². The maximum atomic E-state index is 12.1. The number of benzene rings is 3. The molecule has 1 aromatic heterocycles. The van der Waals surface area contributed by atoms with Gasteiger partial charge in [-0.1, -0.05) is 20.8 Å². The number of phenols is 2. The Kier molecular flexibility index (Phi) is 12.4. The van der Waals surface area contributed by atoms with Gasteiger partial charge in [0.05, 0.1) is 44.0 Å². The molecule has 0 radical (unpaired) electrons. The van der Waals surface area contributed by atoms with Gasteiger partial charge in [-0.25, -0.2) is 0 Å². The van der Waals surface area contributed by atoms with Crippen LogP contribution in [-0.4, -0.2) is 74.2 Å². The van der Waals surface area contributed by atoms with Gasteiger partial charge >= 0.3 is 0 Å². The normalized spacial score (nSPS) is 12.2. The quantitative estimate of drug-likeness (QED) is 0.112. The van der Waals surface area contributed by atoms with Gasteiger partial charge in [0.25, 0.3) is 0 Å². The van der Waals surface area contributed by atoms with Crippen molar-refractivity contribution in [2.24, 2.45) is 5.41 Å². The molecule has 0 spiro atoms. The molecule has 0 saturated heterocycles. The molecule has 1 heterocycles. The van der Waals surface area contributed by atoms with Gasteiger partial charge in [0.2, 0.25) is 5.91 Å². The van der Waals surface area contributed by atoms with E-state index < -0.39 is 6.04 Å². The molecule has 0 aliphatic heterocycles. The molecule has 11 heteroatoms. The van der Waals surface area contributed by atoms with E-state index in [1.54, 1.807) is 24.3 Å². The van der Waals surface area contributed by atoms with Gasteiger partial charge in [0.15, 0.2) is 11.5 Å². The number of ether oxygens (including phenoxy) is 5. The lowest BCUT2D eigenvalue weighted by molar-refractivity contribution is -0.132. The van der Waals surface area contributed by atoms with E-state index in [0.717, 1.165) is 20.5 Å². The number of ketones is 1. The lowest BCUT2D eigenvalue weighted by atomic mass is 9.84. The molecule has 3 N–H and O–H groups in total. The summed E-state index contributed by atoms with van der Waals surface area (Å²) in [6.45, 7) is 9.09. The molecular formula is C35H41NO9S. The first kappa shape index (κ1) is 34.7. The van der Waals surface area contributed by atoms with Gasteiger partial charge in [-0.3, -0.25) is 9.59 Å². The van der Waals surface area contributed by atoms with Crippen LogP contribution >= 0.6 is 11.3 Å². The highest BCUT2D eigenvalue weighted by molar-refractivity contribution is 7.22. The van der Waals surface area contributed by atoms with E-state index in [9.17, 15) is 19.8 Å². The zero-order valence-corrected chi connectivity index (χ0v) is 27.4. The lowest BCUT2D eigenvalue weighted by Gasteiger charge is -2.29.